The third-order valence-corrected chi connectivity index (χ3v) is 4.54. The lowest BCUT2D eigenvalue weighted by atomic mass is 10.1. The maximum Gasteiger partial charge on any atom is 0.335 e. The molecule has 0 saturated carbocycles. The molecule has 1 N–H and O–H groups in total. The number of carbonyl (C=O) groups is 2. The van der Waals surface area contributed by atoms with Crippen LogP contribution in [-0.4, -0.2) is 17.4 Å². The number of rotatable bonds is 4. The molecule has 0 radical (unpaired) electrons. The summed E-state index contributed by atoms with van der Waals surface area (Å²) in [6.07, 6.45) is 0.827. The number of hydrogen-bond donors (Lipinski definition) is 1. The van der Waals surface area contributed by atoms with Gasteiger partial charge in [-0.25, -0.2) is 4.79 Å². The van der Waals surface area contributed by atoms with Crippen LogP contribution in [-0.2, 0) is 0 Å². The van der Waals surface area contributed by atoms with E-state index >= 15 is 0 Å². The molecule has 1 aromatic heterocycles. The Labute approximate surface area is 131 Å². The predicted octanol–water partition coefficient (Wildman–Crippen LogP) is 4.59. The van der Waals surface area contributed by atoms with Gasteiger partial charge in [-0.05, 0) is 35.4 Å². The first kappa shape index (κ1) is 14.2. The molecular formula is C18H12O3S. The van der Waals surface area contributed by atoms with Crippen molar-refractivity contribution in [2.75, 3.05) is 0 Å². The highest BCUT2D eigenvalue weighted by Gasteiger charge is 2.07. The average Bonchev–Trinajstić information content (AvgIpc) is 3.05. The Balaban J connectivity index is 1.89. The minimum Gasteiger partial charge on any atom is -0.478 e. The predicted molar refractivity (Wildman–Crippen MR) is 87.5 cm³/mol. The number of aldehydes is 1. The molecule has 3 aromatic rings. The summed E-state index contributed by atoms with van der Waals surface area (Å²) >= 11 is 1.63. The second-order valence-electron chi connectivity index (χ2n) is 4.79. The van der Waals surface area contributed by atoms with Gasteiger partial charge >= 0.3 is 5.97 Å². The fourth-order valence-electron chi connectivity index (χ4n) is 2.15. The van der Waals surface area contributed by atoms with Gasteiger partial charge in [0.1, 0.15) is 6.29 Å². The maximum atomic E-state index is 10.9. The van der Waals surface area contributed by atoms with E-state index in [0.717, 1.165) is 27.2 Å². The van der Waals surface area contributed by atoms with E-state index in [-0.39, 0.29) is 5.56 Å². The number of benzene rings is 2. The first-order valence-electron chi connectivity index (χ1n) is 6.66. The Hall–Kier alpha value is -2.72. The Morgan fingerprint density at radius 2 is 1.32 bits per heavy atom. The second-order valence-corrected chi connectivity index (χ2v) is 5.87. The Bertz CT molecular complexity index is 814. The van der Waals surface area contributed by atoms with Crippen molar-refractivity contribution >= 4 is 23.6 Å². The number of carbonyl (C=O) groups excluding carboxylic acids is 1. The van der Waals surface area contributed by atoms with Crippen LogP contribution >= 0.6 is 11.3 Å². The van der Waals surface area contributed by atoms with E-state index in [2.05, 4.69) is 0 Å². The summed E-state index contributed by atoms with van der Waals surface area (Å²) in [6, 6.07) is 18.3. The molecule has 0 fully saturated rings. The molecule has 0 unspecified atom stereocenters. The molecule has 0 spiro atoms. The van der Waals surface area contributed by atoms with Gasteiger partial charge in [0, 0.05) is 15.3 Å². The van der Waals surface area contributed by atoms with Crippen molar-refractivity contribution in [3.8, 4) is 20.9 Å². The van der Waals surface area contributed by atoms with E-state index in [1.807, 2.05) is 36.4 Å². The van der Waals surface area contributed by atoms with Gasteiger partial charge in [0.2, 0.25) is 0 Å². The molecule has 3 nitrogen and oxygen atoms in total. The van der Waals surface area contributed by atoms with Gasteiger partial charge in [0.05, 0.1) is 5.56 Å². The van der Waals surface area contributed by atoms with Gasteiger partial charge in [-0.2, -0.15) is 0 Å². The molecule has 0 atom stereocenters. The van der Waals surface area contributed by atoms with Gasteiger partial charge in [-0.3, -0.25) is 4.79 Å². The van der Waals surface area contributed by atoms with Gasteiger partial charge in [0.25, 0.3) is 0 Å². The molecule has 0 aliphatic carbocycles. The summed E-state index contributed by atoms with van der Waals surface area (Å²) < 4.78 is 0. The van der Waals surface area contributed by atoms with Crippen molar-refractivity contribution in [3.05, 3.63) is 71.8 Å². The zero-order chi connectivity index (χ0) is 15.5. The highest BCUT2D eigenvalue weighted by Crippen LogP contribution is 2.34. The smallest absolute Gasteiger partial charge is 0.335 e. The maximum absolute atomic E-state index is 10.9. The summed E-state index contributed by atoms with van der Waals surface area (Å²) in [6.45, 7) is 0. The van der Waals surface area contributed by atoms with Crippen molar-refractivity contribution in [1.29, 1.82) is 0 Å². The quantitative estimate of drug-likeness (QED) is 0.717. The molecule has 0 saturated heterocycles. The van der Waals surface area contributed by atoms with Crippen LogP contribution in [0.1, 0.15) is 20.7 Å². The van der Waals surface area contributed by atoms with Crippen LogP contribution in [0.2, 0.25) is 0 Å². The zero-order valence-corrected chi connectivity index (χ0v) is 12.3. The lowest BCUT2D eigenvalue weighted by Crippen LogP contribution is -1.94. The van der Waals surface area contributed by atoms with Crippen molar-refractivity contribution in [1.82, 2.24) is 0 Å². The van der Waals surface area contributed by atoms with E-state index in [4.69, 9.17) is 5.11 Å². The Kier molecular flexibility index (Phi) is 3.85. The molecule has 3 rings (SSSR count). The minimum atomic E-state index is -0.923. The standard InChI is InChI=1S/C18H12O3S/c19-11-12-1-3-13(4-2-12)16-9-10-17(22-16)14-5-7-15(8-6-14)18(20)21/h1-11H,(H,20,21). The summed E-state index contributed by atoms with van der Waals surface area (Å²) in [5.41, 5.74) is 2.99. The lowest BCUT2D eigenvalue weighted by Gasteiger charge is -1.99. The van der Waals surface area contributed by atoms with Gasteiger partial charge in [-0.1, -0.05) is 36.4 Å². The first-order valence-corrected chi connectivity index (χ1v) is 7.48. The summed E-state index contributed by atoms with van der Waals surface area (Å²) in [5.74, 6) is -0.923. The van der Waals surface area contributed by atoms with E-state index in [0.29, 0.717) is 5.56 Å². The molecular weight excluding hydrogens is 296 g/mol. The molecule has 0 bridgehead atoms. The van der Waals surface area contributed by atoms with Crippen molar-refractivity contribution < 1.29 is 14.7 Å². The van der Waals surface area contributed by atoms with Crippen molar-refractivity contribution in [3.63, 3.8) is 0 Å². The van der Waals surface area contributed by atoms with E-state index in [1.54, 1.807) is 35.6 Å². The molecule has 4 heteroatoms. The molecule has 0 amide bonds. The monoisotopic (exact) mass is 308 g/mol. The summed E-state index contributed by atoms with van der Waals surface area (Å²) in [4.78, 5) is 23.7. The van der Waals surface area contributed by atoms with Crippen LogP contribution in [0.25, 0.3) is 20.9 Å². The Morgan fingerprint density at radius 1 is 0.818 bits per heavy atom. The van der Waals surface area contributed by atoms with Crippen LogP contribution in [0.4, 0.5) is 0 Å². The molecule has 0 aliphatic heterocycles. The molecule has 0 aliphatic rings. The van der Waals surface area contributed by atoms with Crippen LogP contribution in [0, 0.1) is 0 Å². The third-order valence-electron chi connectivity index (χ3n) is 3.35. The normalized spacial score (nSPS) is 10.4. The number of thiophene rings is 1. The minimum absolute atomic E-state index is 0.282. The fourth-order valence-corrected chi connectivity index (χ4v) is 3.17. The Morgan fingerprint density at radius 3 is 1.77 bits per heavy atom. The molecule has 2 aromatic carbocycles. The number of carboxylic acids is 1. The third kappa shape index (κ3) is 2.82. The fraction of sp³-hybridized carbons (Fsp3) is 0. The second kappa shape index (κ2) is 5.95. The SMILES string of the molecule is O=Cc1ccc(-c2ccc(-c3ccc(C(=O)O)cc3)s2)cc1. The summed E-state index contributed by atoms with van der Waals surface area (Å²) in [5, 5.41) is 8.92. The number of aromatic carboxylic acids is 1. The van der Waals surface area contributed by atoms with E-state index in [1.165, 1.54) is 0 Å². The molecule has 22 heavy (non-hydrogen) atoms. The molecule has 1 heterocycles. The number of carboxylic acid groups (broad SMARTS) is 1. The highest BCUT2D eigenvalue weighted by atomic mass is 32.1. The largest absolute Gasteiger partial charge is 0.478 e. The molecule has 108 valence electrons. The van der Waals surface area contributed by atoms with Gasteiger partial charge in [-0.15, -0.1) is 11.3 Å². The average molecular weight is 308 g/mol. The van der Waals surface area contributed by atoms with E-state index < -0.39 is 5.97 Å². The van der Waals surface area contributed by atoms with Crippen molar-refractivity contribution in [2.45, 2.75) is 0 Å². The van der Waals surface area contributed by atoms with Crippen LogP contribution in [0.3, 0.4) is 0 Å². The lowest BCUT2D eigenvalue weighted by molar-refractivity contribution is 0.0696. The first-order chi connectivity index (χ1) is 10.7. The van der Waals surface area contributed by atoms with Crippen LogP contribution < -0.4 is 0 Å². The summed E-state index contributed by atoms with van der Waals surface area (Å²) in [7, 11) is 0. The van der Waals surface area contributed by atoms with Crippen molar-refractivity contribution in [2.24, 2.45) is 0 Å². The topological polar surface area (TPSA) is 54.4 Å². The van der Waals surface area contributed by atoms with Crippen LogP contribution in [0.15, 0.2) is 60.7 Å². The van der Waals surface area contributed by atoms with Crippen LogP contribution in [0.5, 0.6) is 0 Å². The zero-order valence-electron chi connectivity index (χ0n) is 11.5. The van der Waals surface area contributed by atoms with Gasteiger partial charge in [0.15, 0.2) is 0 Å². The van der Waals surface area contributed by atoms with Gasteiger partial charge < -0.3 is 5.11 Å². The highest BCUT2D eigenvalue weighted by molar-refractivity contribution is 7.18. The number of hydrogen-bond acceptors (Lipinski definition) is 3. The van der Waals surface area contributed by atoms with E-state index in [9.17, 15) is 9.59 Å².